The lowest BCUT2D eigenvalue weighted by atomic mass is 10.00. The van der Waals surface area contributed by atoms with Gasteiger partial charge in [0, 0.05) is 41.6 Å². The van der Waals surface area contributed by atoms with Crippen LogP contribution in [0.3, 0.4) is 0 Å². The van der Waals surface area contributed by atoms with E-state index in [0.29, 0.717) is 0 Å². The molecule has 0 saturated heterocycles. The monoisotopic (exact) mass is 490 g/mol. The van der Waals surface area contributed by atoms with E-state index >= 15 is 0 Å². The lowest BCUT2D eigenvalue weighted by Crippen LogP contribution is -1.82. The molecule has 2 heterocycles. The molecule has 134 valence electrons. The number of hydrogen-bond acceptors (Lipinski definition) is 2. The third kappa shape index (κ3) is 2.31. The standard InChI is InChI=1S/C24H12Br2O2/c25-13-9-17-15-5-1-3-7-21(15)27-23(17)19(11-13)20-12-14(26)10-18-16-6-2-4-8-22(16)28-24(18)20/h1-12H. The molecule has 4 heteroatoms. The van der Waals surface area contributed by atoms with Gasteiger partial charge in [-0.25, -0.2) is 0 Å². The van der Waals surface area contributed by atoms with Crippen molar-refractivity contribution in [1.29, 1.82) is 0 Å². The number of hydrogen-bond donors (Lipinski definition) is 0. The Bertz CT molecular complexity index is 1420. The van der Waals surface area contributed by atoms with Crippen LogP contribution in [0.4, 0.5) is 0 Å². The van der Waals surface area contributed by atoms with Crippen LogP contribution in [0.15, 0.2) is 90.6 Å². The van der Waals surface area contributed by atoms with E-state index in [-0.39, 0.29) is 0 Å². The van der Waals surface area contributed by atoms with Crippen molar-refractivity contribution in [1.82, 2.24) is 0 Å². The Morgan fingerprint density at radius 2 is 0.929 bits per heavy atom. The molecular formula is C24H12Br2O2. The molecule has 0 spiro atoms. The second kappa shape index (κ2) is 5.97. The predicted molar refractivity (Wildman–Crippen MR) is 122 cm³/mol. The van der Waals surface area contributed by atoms with Gasteiger partial charge in [0.2, 0.25) is 0 Å². The topological polar surface area (TPSA) is 26.3 Å². The highest BCUT2D eigenvalue weighted by Gasteiger charge is 2.19. The van der Waals surface area contributed by atoms with Crippen LogP contribution in [0, 0.1) is 0 Å². The Hall–Kier alpha value is -2.56. The van der Waals surface area contributed by atoms with Crippen LogP contribution < -0.4 is 0 Å². The van der Waals surface area contributed by atoms with Crippen LogP contribution in [-0.4, -0.2) is 0 Å². The van der Waals surface area contributed by atoms with Crippen LogP contribution >= 0.6 is 31.9 Å². The minimum Gasteiger partial charge on any atom is -0.455 e. The molecule has 0 aliphatic rings. The van der Waals surface area contributed by atoms with E-state index in [9.17, 15) is 0 Å². The molecule has 0 fully saturated rings. The van der Waals surface area contributed by atoms with Gasteiger partial charge in [0.15, 0.2) is 0 Å². The second-order valence-electron chi connectivity index (χ2n) is 6.86. The average Bonchev–Trinajstić information content (AvgIpc) is 3.25. The van der Waals surface area contributed by atoms with Gasteiger partial charge < -0.3 is 8.83 Å². The number of halogens is 2. The fourth-order valence-corrected chi connectivity index (χ4v) is 4.90. The van der Waals surface area contributed by atoms with Gasteiger partial charge in [0.1, 0.15) is 22.3 Å². The SMILES string of the molecule is Brc1cc(-c2cc(Br)cc3c2oc2ccccc23)c2oc3ccccc3c2c1. The van der Waals surface area contributed by atoms with Crippen molar-refractivity contribution in [3.63, 3.8) is 0 Å². The second-order valence-corrected chi connectivity index (χ2v) is 8.69. The Morgan fingerprint density at radius 3 is 1.39 bits per heavy atom. The van der Waals surface area contributed by atoms with Crippen LogP contribution in [0.1, 0.15) is 0 Å². The summed E-state index contributed by atoms with van der Waals surface area (Å²) in [6.45, 7) is 0. The molecule has 28 heavy (non-hydrogen) atoms. The fourth-order valence-electron chi connectivity index (χ4n) is 3.98. The van der Waals surface area contributed by atoms with Crippen LogP contribution in [0.25, 0.3) is 55.0 Å². The van der Waals surface area contributed by atoms with Gasteiger partial charge in [-0.05, 0) is 36.4 Å². The van der Waals surface area contributed by atoms with Crippen LogP contribution in [-0.2, 0) is 0 Å². The lowest BCUT2D eigenvalue weighted by molar-refractivity contribution is 0.665. The Morgan fingerprint density at radius 1 is 0.500 bits per heavy atom. The first kappa shape index (κ1) is 16.4. The fraction of sp³-hybridized carbons (Fsp3) is 0. The zero-order valence-electron chi connectivity index (χ0n) is 14.5. The molecule has 0 aliphatic heterocycles. The average molecular weight is 492 g/mol. The molecule has 6 rings (SSSR count). The van der Waals surface area contributed by atoms with Crippen molar-refractivity contribution in [3.05, 3.63) is 81.7 Å². The van der Waals surface area contributed by atoms with E-state index in [1.54, 1.807) is 0 Å². The lowest BCUT2D eigenvalue weighted by Gasteiger charge is -2.06. The maximum Gasteiger partial charge on any atom is 0.143 e. The molecule has 0 unspecified atom stereocenters. The highest BCUT2D eigenvalue weighted by Crippen LogP contribution is 2.43. The van der Waals surface area contributed by atoms with Gasteiger partial charge >= 0.3 is 0 Å². The van der Waals surface area contributed by atoms with Crippen molar-refractivity contribution < 1.29 is 8.83 Å². The van der Waals surface area contributed by atoms with Crippen molar-refractivity contribution in [2.45, 2.75) is 0 Å². The molecule has 0 bridgehead atoms. The highest BCUT2D eigenvalue weighted by atomic mass is 79.9. The Labute approximate surface area is 177 Å². The van der Waals surface area contributed by atoms with Gasteiger partial charge in [-0.15, -0.1) is 0 Å². The van der Waals surface area contributed by atoms with Gasteiger partial charge in [0.25, 0.3) is 0 Å². The van der Waals surface area contributed by atoms with E-state index in [1.165, 1.54) is 0 Å². The molecular weight excluding hydrogens is 480 g/mol. The summed E-state index contributed by atoms with van der Waals surface area (Å²) in [7, 11) is 0. The Kier molecular flexibility index (Phi) is 3.49. The molecule has 0 N–H and O–H groups in total. The minimum absolute atomic E-state index is 0.865. The van der Waals surface area contributed by atoms with Crippen molar-refractivity contribution >= 4 is 75.7 Å². The summed E-state index contributed by atoms with van der Waals surface area (Å²) < 4.78 is 14.6. The molecule has 4 aromatic carbocycles. The first-order chi connectivity index (χ1) is 13.7. The summed E-state index contributed by atoms with van der Waals surface area (Å²) in [6, 6.07) is 24.7. The number of fused-ring (bicyclic) bond motifs is 6. The first-order valence-electron chi connectivity index (χ1n) is 8.91. The predicted octanol–water partition coefficient (Wildman–Crippen LogP) is 8.68. The highest BCUT2D eigenvalue weighted by molar-refractivity contribution is 9.10. The van der Waals surface area contributed by atoms with Crippen molar-refractivity contribution in [2.75, 3.05) is 0 Å². The van der Waals surface area contributed by atoms with Gasteiger partial charge in [-0.1, -0.05) is 68.3 Å². The summed E-state index contributed by atoms with van der Waals surface area (Å²) >= 11 is 7.37. The van der Waals surface area contributed by atoms with E-state index < -0.39 is 0 Å². The van der Waals surface area contributed by atoms with E-state index in [4.69, 9.17) is 8.83 Å². The first-order valence-corrected chi connectivity index (χ1v) is 10.5. The molecule has 0 saturated carbocycles. The van der Waals surface area contributed by atoms with E-state index in [1.807, 2.05) is 36.4 Å². The minimum atomic E-state index is 0.865. The largest absolute Gasteiger partial charge is 0.455 e. The molecule has 6 aromatic rings. The summed E-state index contributed by atoms with van der Waals surface area (Å²) in [6.07, 6.45) is 0. The van der Waals surface area contributed by atoms with Crippen molar-refractivity contribution in [2.24, 2.45) is 0 Å². The molecule has 0 aliphatic carbocycles. The third-order valence-corrected chi connectivity index (χ3v) is 6.09. The quantitative estimate of drug-likeness (QED) is 0.230. The molecule has 0 atom stereocenters. The third-order valence-electron chi connectivity index (χ3n) is 5.18. The number of furan rings is 2. The maximum absolute atomic E-state index is 6.28. The smallest absolute Gasteiger partial charge is 0.143 e. The van der Waals surface area contributed by atoms with Crippen LogP contribution in [0.5, 0.6) is 0 Å². The normalized spacial score (nSPS) is 11.9. The number of rotatable bonds is 1. The summed E-state index contributed by atoms with van der Waals surface area (Å²) in [4.78, 5) is 0. The zero-order valence-corrected chi connectivity index (χ0v) is 17.7. The van der Waals surface area contributed by atoms with Crippen LogP contribution in [0.2, 0.25) is 0 Å². The summed E-state index contributed by atoms with van der Waals surface area (Å²) in [5.41, 5.74) is 5.51. The maximum atomic E-state index is 6.28. The molecule has 0 amide bonds. The Balaban J connectivity index is 1.80. The van der Waals surface area contributed by atoms with Crippen molar-refractivity contribution in [3.8, 4) is 11.1 Å². The number of benzene rings is 4. The van der Waals surface area contributed by atoms with Gasteiger partial charge in [-0.2, -0.15) is 0 Å². The summed E-state index contributed by atoms with van der Waals surface area (Å²) in [5.74, 6) is 0. The van der Waals surface area contributed by atoms with Gasteiger partial charge in [0.05, 0.1) is 0 Å². The molecule has 2 nitrogen and oxygen atoms in total. The van der Waals surface area contributed by atoms with E-state index in [2.05, 4.69) is 68.3 Å². The molecule has 0 radical (unpaired) electrons. The number of para-hydroxylation sites is 2. The molecule has 2 aromatic heterocycles. The van der Waals surface area contributed by atoms with E-state index in [0.717, 1.165) is 63.9 Å². The van der Waals surface area contributed by atoms with Gasteiger partial charge in [-0.3, -0.25) is 0 Å². The zero-order chi connectivity index (χ0) is 18.8. The summed E-state index contributed by atoms with van der Waals surface area (Å²) in [5, 5.41) is 4.39.